The molecule has 300 valence electrons. The molecular formula is C60H41N3Si. The van der Waals surface area contributed by atoms with Crippen LogP contribution in [0.4, 0.5) is 0 Å². The zero-order chi connectivity index (χ0) is 42.2. The van der Waals surface area contributed by atoms with Crippen molar-refractivity contribution < 1.29 is 0 Å². The number of rotatable bonds is 7. The van der Waals surface area contributed by atoms with Crippen molar-refractivity contribution in [2.75, 3.05) is 0 Å². The van der Waals surface area contributed by atoms with Crippen LogP contribution >= 0.6 is 0 Å². The first kappa shape index (κ1) is 36.5. The molecule has 4 heteroatoms. The molecular weight excluding hydrogens is 791 g/mol. The molecule has 10 aromatic carbocycles. The van der Waals surface area contributed by atoms with Crippen molar-refractivity contribution in [1.82, 2.24) is 13.7 Å². The molecule has 64 heavy (non-hydrogen) atoms. The van der Waals surface area contributed by atoms with Crippen LogP contribution in [0.5, 0.6) is 0 Å². The van der Waals surface area contributed by atoms with Gasteiger partial charge in [-0.25, -0.2) is 0 Å². The van der Waals surface area contributed by atoms with E-state index in [9.17, 15) is 0 Å². The maximum Gasteiger partial charge on any atom is 0.181 e. The van der Waals surface area contributed by atoms with Crippen molar-refractivity contribution >= 4 is 94.2 Å². The summed E-state index contributed by atoms with van der Waals surface area (Å²) in [6.45, 7) is 0. The summed E-state index contributed by atoms with van der Waals surface area (Å²) in [5, 5.41) is 12.7. The van der Waals surface area contributed by atoms with E-state index in [1.165, 1.54) is 91.9 Å². The molecule has 0 fully saturated rings. The van der Waals surface area contributed by atoms with Gasteiger partial charge in [0.05, 0.1) is 44.5 Å². The highest BCUT2D eigenvalue weighted by Gasteiger charge is 2.44. The van der Waals surface area contributed by atoms with E-state index in [1.807, 2.05) is 0 Å². The first-order valence-corrected chi connectivity index (χ1v) is 24.1. The Morgan fingerprint density at radius 2 is 0.625 bits per heavy atom. The highest BCUT2D eigenvalue weighted by molar-refractivity contribution is 7.20. The van der Waals surface area contributed by atoms with Gasteiger partial charge in [0.2, 0.25) is 0 Å². The van der Waals surface area contributed by atoms with Crippen LogP contribution in [-0.2, 0) is 0 Å². The van der Waals surface area contributed by atoms with E-state index in [4.69, 9.17) is 0 Å². The minimum atomic E-state index is -3.15. The van der Waals surface area contributed by atoms with Gasteiger partial charge in [0.25, 0.3) is 0 Å². The van der Waals surface area contributed by atoms with Gasteiger partial charge >= 0.3 is 0 Å². The molecule has 13 aromatic rings. The fourth-order valence-electron chi connectivity index (χ4n) is 11.0. The van der Waals surface area contributed by atoms with Gasteiger partial charge in [0.15, 0.2) is 8.07 Å². The molecule has 0 N–H and O–H groups in total. The number of hydrogen-bond acceptors (Lipinski definition) is 0. The van der Waals surface area contributed by atoms with E-state index in [-0.39, 0.29) is 0 Å². The minimum Gasteiger partial charge on any atom is -0.307 e. The summed E-state index contributed by atoms with van der Waals surface area (Å²) in [5.41, 5.74) is 10.5. The first-order valence-electron chi connectivity index (χ1n) is 22.1. The van der Waals surface area contributed by atoms with Gasteiger partial charge in [0, 0.05) is 38.0 Å². The van der Waals surface area contributed by atoms with Crippen LogP contribution in [0.1, 0.15) is 0 Å². The fraction of sp³-hybridized carbons (Fsp3) is 0. The third-order valence-corrected chi connectivity index (χ3v) is 18.4. The van der Waals surface area contributed by atoms with E-state index in [1.54, 1.807) is 0 Å². The Labute approximate surface area is 372 Å². The van der Waals surface area contributed by atoms with Crippen molar-refractivity contribution in [1.29, 1.82) is 0 Å². The maximum absolute atomic E-state index is 3.15. The second-order valence-corrected chi connectivity index (χ2v) is 20.6. The van der Waals surface area contributed by atoms with Gasteiger partial charge in [-0.2, -0.15) is 0 Å². The van der Waals surface area contributed by atoms with Crippen molar-refractivity contribution in [3.8, 4) is 17.1 Å². The van der Waals surface area contributed by atoms with Crippen LogP contribution in [0.25, 0.3) is 82.5 Å². The van der Waals surface area contributed by atoms with Crippen LogP contribution in [-0.4, -0.2) is 21.8 Å². The first-order chi connectivity index (χ1) is 31.8. The van der Waals surface area contributed by atoms with Gasteiger partial charge in [0.1, 0.15) is 0 Å². The van der Waals surface area contributed by atoms with E-state index in [0.29, 0.717) is 0 Å². The summed E-state index contributed by atoms with van der Waals surface area (Å²) in [7, 11) is -3.15. The predicted octanol–water partition coefficient (Wildman–Crippen LogP) is 12.4. The minimum absolute atomic E-state index is 1.13. The highest BCUT2D eigenvalue weighted by atomic mass is 28.3. The lowest BCUT2D eigenvalue weighted by Gasteiger charge is -2.36. The fourth-order valence-corrected chi connectivity index (χ4v) is 16.0. The lowest BCUT2D eigenvalue weighted by atomic mass is 10.1. The van der Waals surface area contributed by atoms with Crippen molar-refractivity contribution in [3.05, 3.63) is 249 Å². The van der Waals surface area contributed by atoms with Gasteiger partial charge in [-0.1, -0.05) is 206 Å². The topological polar surface area (TPSA) is 14.8 Å². The third kappa shape index (κ3) is 5.15. The Kier molecular flexibility index (Phi) is 8.23. The molecule has 13 rings (SSSR count). The third-order valence-electron chi connectivity index (χ3n) is 13.6. The number of hydrogen-bond donors (Lipinski definition) is 0. The molecule has 0 amide bonds. The predicted molar refractivity (Wildman–Crippen MR) is 273 cm³/mol. The molecule has 0 atom stereocenters. The molecule has 3 nitrogen and oxygen atoms in total. The molecule has 0 bridgehead atoms. The lowest BCUT2D eigenvalue weighted by molar-refractivity contribution is 1.11. The molecule has 3 aromatic heterocycles. The number of para-hydroxylation sites is 6. The molecule has 0 aliphatic heterocycles. The number of nitrogens with zero attached hydrogens (tertiary/aromatic N) is 3. The Morgan fingerprint density at radius 3 is 1.12 bits per heavy atom. The lowest BCUT2D eigenvalue weighted by Crippen LogP contribution is -2.75. The van der Waals surface area contributed by atoms with Gasteiger partial charge in [-0.3, -0.25) is 0 Å². The number of benzene rings is 10. The number of fused-ring (bicyclic) bond motifs is 9. The van der Waals surface area contributed by atoms with Gasteiger partial charge < -0.3 is 13.7 Å². The van der Waals surface area contributed by atoms with Crippen LogP contribution in [0.3, 0.4) is 0 Å². The summed E-state index contributed by atoms with van der Waals surface area (Å²) in [5.74, 6) is 0. The van der Waals surface area contributed by atoms with Crippen molar-refractivity contribution in [2.45, 2.75) is 0 Å². The van der Waals surface area contributed by atoms with E-state index < -0.39 is 8.07 Å². The Hall–Kier alpha value is -8.18. The van der Waals surface area contributed by atoms with Crippen molar-refractivity contribution in [2.24, 2.45) is 0 Å². The Bertz CT molecular complexity index is 3730. The maximum atomic E-state index is 2.61. The van der Waals surface area contributed by atoms with Crippen LogP contribution in [0.15, 0.2) is 249 Å². The van der Waals surface area contributed by atoms with E-state index in [2.05, 4.69) is 262 Å². The standard InChI is InChI=1S/C60H41N3Si/c1-5-22-42(23-6-1)61-52-35-17-15-32-48(52)50-34-21-39-56(58(50)61)63-55-38-20-16-33-49(55)51-40-41-57(60(59(51)63)62-53-36-18-13-30-46(53)47-31-14-19-37-54(47)62)64(43-24-7-2-8-25-43,44-26-9-3-10-27-44)45-28-11-4-12-29-45/h1-41H. The second kappa shape index (κ2) is 14.5. The van der Waals surface area contributed by atoms with Crippen LogP contribution < -0.4 is 20.7 Å². The molecule has 0 radical (unpaired) electrons. The Morgan fingerprint density at radius 1 is 0.250 bits per heavy atom. The smallest absolute Gasteiger partial charge is 0.181 e. The molecule has 0 aliphatic carbocycles. The average molecular weight is 832 g/mol. The van der Waals surface area contributed by atoms with Gasteiger partial charge in [-0.15, -0.1) is 0 Å². The molecule has 0 saturated heterocycles. The molecule has 0 unspecified atom stereocenters. The monoisotopic (exact) mass is 831 g/mol. The van der Waals surface area contributed by atoms with E-state index in [0.717, 1.165) is 11.4 Å². The number of aromatic nitrogens is 3. The van der Waals surface area contributed by atoms with Crippen molar-refractivity contribution in [3.63, 3.8) is 0 Å². The summed E-state index contributed by atoms with van der Waals surface area (Å²) < 4.78 is 7.69. The summed E-state index contributed by atoms with van der Waals surface area (Å²) in [6, 6.07) is 92.6. The Balaban J connectivity index is 1.32. The SMILES string of the molecule is c1ccc(-n2c3ccccc3c3cccc(-n4c5ccccc5c5ccc([Si](c6ccccc6)(c6ccccc6)c6ccccc6)c(-n6c7ccccc7c7ccccc76)c54)c32)cc1. The normalized spacial score (nSPS) is 12.1. The quantitative estimate of drug-likeness (QED) is 0.112. The van der Waals surface area contributed by atoms with Gasteiger partial charge in [-0.05, 0) is 63.2 Å². The van der Waals surface area contributed by atoms with Crippen LogP contribution in [0, 0.1) is 0 Å². The molecule has 3 heterocycles. The molecule has 0 aliphatic rings. The zero-order valence-electron chi connectivity index (χ0n) is 35.0. The van der Waals surface area contributed by atoms with Crippen LogP contribution in [0.2, 0.25) is 0 Å². The second-order valence-electron chi connectivity index (χ2n) is 16.8. The average Bonchev–Trinajstić information content (AvgIpc) is 4.02. The summed E-state index contributed by atoms with van der Waals surface area (Å²) in [6.07, 6.45) is 0. The summed E-state index contributed by atoms with van der Waals surface area (Å²) >= 11 is 0. The summed E-state index contributed by atoms with van der Waals surface area (Å²) in [4.78, 5) is 0. The molecule has 0 saturated carbocycles. The van der Waals surface area contributed by atoms with E-state index >= 15 is 0 Å². The zero-order valence-corrected chi connectivity index (χ0v) is 36.0. The molecule has 0 spiro atoms. The highest BCUT2D eigenvalue weighted by Crippen LogP contribution is 2.43. The largest absolute Gasteiger partial charge is 0.307 e.